The zero-order valence-corrected chi connectivity index (χ0v) is 16.0. The number of aromatic amines is 1. The van der Waals surface area contributed by atoms with Crippen LogP contribution in [-0.4, -0.2) is 38.3 Å². The third-order valence-electron chi connectivity index (χ3n) is 4.34. The van der Waals surface area contributed by atoms with Crippen molar-refractivity contribution in [1.29, 1.82) is 0 Å². The van der Waals surface area contributed by atoms with Crippen molar-refractivity contribution in [3.05, 3.63) is 65.9 Å². The van der Waals surface area contributed by atoms with Gasteiger partial charge >= 0.3 is 6.03 Å². The van der Waals surface area contributed by atoms with Gasteiger partial charge in [0.2, 0.25) is 0 Å². The number of hydrogen-bond donors (Lipinski definition) is 3. The Morgan fingerprint density at radius 1 is 0.963 bits per heavy atom. The maximum Gasteiger partial charge on any atom is 0.314 e. The van der Waals surface area contributed by atoms with E-state index < -0.39 is 9.84 Å². The van der Waals surface area contributed by atoms with Gasteiger partial charge in [0.15, 0.2) is 9.84 Å². The Hall–Kier alpha value is -2.80. The predicted octanol–water partition coefficient (Wildman–Crippen LogP) is 2.79. The van der Waals surface area contributed by atoms with Crippen LogP contribution < -0.4 is 10.6 Å². The van der Waals surface area contributed by atoms with E-state index in [9.17, 15) is 13.2 Å². The first-order chi connectivity index (χ1) is 13.0. The number of para-hydroxylation sites is 1. The minimum absolute atomic E-state index is 0.0540. The van der Waals surface area contributed by atoms with Gasteiger partial charge in [-0.2, -0.15) is 0 Å². The Morgan fingerprint density at radius 2 is 1.63 bits per heavy atom. The average molecular weight is 385 g/mol. The van der Waals surface area contributed by atoms with Gasteiger partial charge in [-0.25, -0.2) is 13.2 Å². The Labute approximate surface area is 158 Å². The maximum atomic E-state index is 12.7. The molecule has 0 aliphatic rings. The van der Waals surface area contributed by atoms with E-state index in [2.05, 4.69) is 15.6 Å². The molecule has 142 valence electrons. The summed E-state index contributed by atoms with van der Waals surface area (Å²) >= 11 is 0. The van der Waals surface area contributed by atoms with Gasteiger partial charge < -0.3 is 15.6 Å². The summed E-state index contributed by atoms with van der Waals surface area (Å²) in [5, 5.41) is 6.04. The largest absolute Gasteiger partial charge is 0.358 e. The monoisotopic (exact) mass is 385 g/mol. The second-order valence-corrected chi connectivity index (χ2v) is 8.41. The van der Waals surface area contributed by atoms with E-state index in [0.29, 0.717) is 22.5 Å². The highest BCUT2D eigenvalue weighted by atomic mass is 32.2. The maximum absolute atomic E-state index is 12.7. The number of urea groups is 1. The fourth-order valence-corrected chi connectivity index (χ4v) is 4.69. The lowest BCUT2D eigenvalue weighted by Crippen LogP contribution is -2.38. The minimum atomic E-state index is -3.51. The van der Waals surface area contributed by atoms with Crippen LogP contribution in [0, 0.1) is 6.92 Å². The summed E-state index contributed by atoms with van der Waals surface area (Å²) in [7, 11) is -3.51. The summed E-state index contributed by atoms with van der Waals surface area (Å²) in [4.78, 5) is 15.3. The van der Waals surface area contributed by atoms with Crippen molar-refractivity contribution < 1.29 is 13.2 Å². The number of carbonyl (C=O) groups excluding carboxylic acids is 1. The highest BCUT2D eigenvalue weighted by Gasteiger charge is 2.22. The van der Waals surface area contributed by atoms with E-state index in [4.69, 9.17) is 0 Å². The molecule has 0 aliphatic heterocycles. The van der Waals surface area contributed by atoms with E-state index >= 15 is 0 Å². The third kappa shape index (κ3) is 4.68. The summed E-state index contributed by atoms with van der Waals surface area (Å²) < 4.78 is 25.4. The smallest absolute Gasteiger partial charge is 0.314 e. The van der Waals surface area contributed by atoms with E-state index in [0.717, 1.165) is 17.5 Å². The lowest BCUT2D eigenvalue weighted by atomic mass is 10.1. The number of H-pyrrole nitrogens is 1. The predicted molar refractivity (Wildman–Crippen MR) is 107 cm³/mol. The average Bonchev–Trinajstić information content (AvgIpc) is 2.99. The van der Waals surface area contributed by atoms with Crippen LogP contribution in [0.15, 0.2) is 59.5 Å². The molecular weight excluding hydrogens is 362 g/mol. The summed E-state index contributed by atoms with van der Waals surface area (Å²) in [5.74, 6) is -0.151. The van der Waals surface area contributed by atoms with E-state index in [1.54, 1.807) is 13.0 Å². The number of amides is 2. The van der Waals surface area contributed by atoms with Crippen molar-refractivity contribution in [2.75, 3.05) is 18.8 Å². The summed E-state index contributed by atoms with van der Waals surface area (Å²) in [6.45, 7) is 2.29. The van der Waals surface area contributed by atoms with Crippen LogP contribution in [-0.2, 0) is 16.3 Å². The normalized spacial score (nSPS) is 11.4. The fourth-order valence-electron chi connectivity index (χ4n) is 3.08. The van der Waals surface area contributed by atoms with Crippen LogP contribution >= 0.6 is 0 Å². The summed E-state index contributed by atoms with van der Waals surface area (Å²) in [6, 6.07) is 16.8. The lowest BCUT2D eigenvalue weighted by molar-refractivity contribution is 0.241. The van der Waals surface area contributed by atoms with Gasteiger partial charge in [0.05, 0.1) is 10.6 Å². The molecule has 0 unspecified atom stereocenters. The van der Waals surface area contributed by atoms with Gasteiger partial charge in [-0.05, 0) is 25.0 Å². The molecule has 0 fully saturated rings. The SMILES string of the molecule is Cc1[nH]c2ccccc2c1S(=O)(=O)CCNC(=O)NCCc1ccccc1. The number of nitrogens with one attached hydrogen (secondary N) is 3. The van der Waals surface area contributed by atoms with Crippen LogP contribution in [0.4, 0.5) is 4.79 Å². The van der Waals surface area contributed by atoms with Crippen LogP contribution in [0.25, 0.3) is 10.9 Å². The van der Waals surface area contributed by atoms with Crippen molar-refractivity contribution in [2.24, 2.45) is 0 Å². The second kappa shape index (κ2) is 8.26. The van der Waals surface area contributed by atoms with Crippen LogP contribution in [0.1, 0.15) is 11.3 Å². The standard InChI is InChI=1S/C20H23N3O3S/c1-15-19(17-9-5-6-10-18(17)23-15)27(25,26)14-13-22-20(24)21-12-11-16-7-3-2-4-8-16/h2-10,23H,11-14H2,1H3,(H2,21,22,24). The molecule has 2 amide bonds. The zero-order chi connectivity index (χ0) is 19.3. The molecule has 27 heavy (non-hydrogen) atoms. The Balaban J connectivity index is 1.51. The highest BCUT2D eigenvalue weighted by Crippen LogP contribution is 2.27. The van der Waals surface area contributed by atoms with Gasteiger partial charge in [0.25, 0.3) is 0 Å². The molecule has 3 rings (SSSR count). The molecule has 0 saturated heterocycles. The molecule has 0 aliphatic carbocycles. The number of benzene rings is 2. The molecule has 1 heterocycles. The van der Waals surface area contributed by atoms with Gasteiger partial charge in [0.1, 0.15) is 0 Å². The Bertz CT molecular complexity index is 1030. The molecule has 0 atom stereocenters. The van der Waals surface area contributed by atoms with E-state index in [1.807, 2.05) is 48.5 Å². The first kappa shape index (κ1) is 19.0. The van der Waals surface area contributed by atoms with Crippen molar-refractivity contribution in [1.82, 2.24) is 15.6 Å². The molecule has 7 heteroatoms. The molecule has 1 aromatic heterocycles. The molecule has 3 N–H and O–H groups in total. The molecule has 0 spiro atoms. The topological polar surface area (TPSA) is 91.1 Å². The Morgan fingerprint density at radius 3 is 2.41 bits per heavy atom. The van der Waals surface area contributed by atoms with Crippen LogP contribution in [0.5, 0.6) is 0 Å². The minimum Gasteiger partial charge on any atom is -0.358 e. The lowest BCUT2D eigenvalue weighted by Gasteiger charge is -2.09. The van der Waals surface area contributed by atoms with Gasteiger partial charge in [-0.1, -0.05) is 48.5 Å². The van der Waals surface area contributed by atoms with Crippen molar-refractivity contribution >= 4 is 26.8 Å². The van der Waals surface area contributed by atoms with E-state index in [1.165, 1.54) is 0 Å². The van der Waals surface area contributed by atoms with E-state index in [-0.39, 0.29) is 18.3 Å². The first-order valence-electron chi connectivity index (χ1n) is 8.83. The number of rotatable bonds is 7. The molecule has 0 radical (unpaired) electrons. The number of aromatic nitrogens is 1. The number of aryl methyl sites for hydroxylation is 1. The molecule has 2 aromatic carbocycles. The van der Waals surface area contributed by atoms with Crippen molar-refractivity contribution in [3.8, 4) is 0 Å². The second-order valence-electron chi connectivity index (χ2n) is 6.36. The van der Waals surface area contributed by atoms with Crippen molar-refractivity contribution in [2.45, 2.75) is 18.2 Å². The number of sulfone groups is 1. The van der Waals surface area contributed by atoms with Gasteiger partial charge in [-0.3, -0.25) is 0 Å². The highest BCUT2D eigenvalue weighted by molar-refractivity contribution is 7.91. The number of hydrogen-bond acceptors (Lipinski definition) is 3. The fraction of sp³-hybridized carbons (Fsp3) is 0.250. The molecule has 6 nitrogen and oxygen atoms in total. The summed E-state index contributed by atoms with van der Waals surface area (Å²) in [5.41, 5.74) is 2.54. The Kier molecular flexibility index (Phi) is 5.81. The molecule has 0 saturated carbocycles. The zero-order valence-electron chi connectivity index (χ0n) is 15.2. The molecular formula is C20H23N3O3S. The number of fused-ring (bicyclic) bond motifs is 1. The molecule has 3 aromatic rings. The van der Waals surface area contributed by atoms with Gasteiger partial charge in [0, 0.05) is 29.7 Å². The van der Waals surface area contributed by atoms with Crippen molar-refractivity contribution in [3.63, 3.8) is 0 Å². The van der Waals surface area contributed by atoms with Crippen LogP contribution in [0.2, 0.25) is 0 Å². The van der Waals surface area contributed by atoms with Gasteiger partial charge in [-0.15, -0.1) is 0 Å². The first-order valence-corrected chi connectivity index (χ1v) is 10.5. The number of carbonyl (C=O) groups is 1. The quantitative estimate of drug-likeness (QED) is 0.584. The third-order valence-corrected chi connectivity index (χ3v) is 6.23. The molecule has 0 bridgehead atoms. The van der Waals surface area contributed by atoms with Crippen LogP contribution in [0.3, 0.4) is 0 Å². The summed E-state index contributed by atoms with van der Waals surface area (Å²) in [6.07, 6.45) is 0.723.